The van der Waals surface area contributed by atoms with Crippen LogP contribution in [0.2, 0.25) is 0 Å². The molecule has 0 fully saturated rings. The number of nitrogens with zero attached hydrogens (tertiary/aromatic N) is 1. The second-order valence-electron chi connectivity index (χ2n) is 2.68. The first kappa shape index (κ1) is 9.64. The first-order chi connectivity index (χ1) is 5.83. The fourth-order valence-corrected chi connectivity index (χ4v) is 1.66. The number of rotatable bonds is 5. The van der Waals surface area contributed by atoms with Gasteiger partial charge in [0.2, 0.25) is 0 Å². The zero-order valence-electron chi connectivity index (χ0n) is 7.34. The Morgan fingerprint density at radius 2 is 2.50 bits per heavy atom. The number of hydrogen-bond donors (Lipinski definition) is 2. The molecule has 1 aromatic rings. The van der Waals surface area contributed by atoms with Gasteiger partial charge in [-0.25, -0.2) is 4.98 Å². The number of hydrogen-bond acceptors (Lipinski definition) is 4. The molecule has 1 heterocycles. The third-order valence-corrected chi connectivity index (χ3v) is 2.42. The fraction of sp³-hybridized carbons (Fsp3) is 0.625. The molecule has 12 heavy (non-hydrogen) atoms. The van der Waals surface area contributed by atoms with E-state index in [4.69, 9.17) is 5.73 Å². The van der Waals surface area contributed by atoms with Crippen molar-refractivity contribution in [1.82, 2.24) is 10.3 Å². The Hall–Kier alpha value is -0.450. The van der Waals surface area contributed by atoms with Crippen molar-refractivity contribution in [3.05, 3.63) is 16.1 Å². The predicted molar refractivity (Wildman–Crippen MR) is 52.2 cm³/mol. The van der Waals surface area contributed by atoms with E-state index in [2.05, 4.69) is 17.2 Å². The summed E-state index contributed by atoms with van der Waals surface area (Å²) in [5.41, 5.74) is 5.36. The summed E-state index contributed by atoms with van der Waals surface area (Å²) < 4.78 is 0. The van der Waals surface area contributed by atoms with Gasteiger partial charge in [0.05, 0.1) is 0 Å². The van der Waals surface area contributed by atoms with Crippen LogP contribution < -0.4 is 11.1 Å². The van der Waals surface area contributed by atoms with E-state index in [-0.39, 0.29) is 0 Å². The lowest BCUT2D eigenvalue weighted by molar-refractivity contribution is 0.653. The van der Waals surface area contributed by atoms with E-state index in [1.165, 1.54) is 4.88 Å². The van der Waals surface area contributed by atoms with Gasteiger partial charge in [-0.3, -0.25) is 0 Å². The summed E-state index contributed by atoms with van der Waals surface area (Å²) in [6, 6.07) is 0. The van der Waals surface area contributed by atoms with Crippen molar-refractivity contribution in [1.29, 1.82) is 0 Å². The van der Waals surface area contributed by atoms with Crippen molar-refractivity contribution in [3.63, 3.8) is 0 Å². The summed E-state index contributed by atoms with van der Waals surface area (Å²) in [5.74, 6) is 0. The average molecular weight is 185 g/mol. The molecule has 4 heteroatoms. The Labute approximate surface area is 77.0 Å². The summed E-state index contributed by atoms with van der Waals surface area (Å²) in [4.78, 5) is 5.51. The third kappa shape index (κ3) is 3.30. The van der Waals surface area contributed by atoms with Gasteiger partial charge >= 0.3 is 0 Å². The minimum absolute atomic E-state index is 0.754. The summed E-state index contributed by atoms with van der Waals surface area (Å²) >= 11 is 1.74. The maximum Gasteiger partial charge on any atom is 0.107 e. The molecule has 0 saturated heterocycles. The van der Waals surface area contributed by atoms with Crippen LogP contribution in [0.25, 0.3) is 0 Å². The Bertz CT molecular complexity index is 222. The molecule has 3 N–H and O–H groups in total. The molecule has 0 spiro atoms. The standard InChI is InChI=1S/C8H15N3S/c1-7-5-11-8(12-7)6-10-4-2-3-9/h5,10H,2-4,6,9H2,1H3. The zero-order valence-corrected chi connectivity index (χ0v) is 8.16. The maximum absolute atomic E-state index is 5.36. The molecule has 0 aromatic carbocycles. The number of nitrogens with two attached hydrogens (primary N) is 1. The summed E-state index contributed by atoms with van der Waals surface area (Å²) in [5, 5.41) is 4.44. The minimum Gasteiger partial charge on any atom is -0.330 e. The zero-order chi connectivity index (χ0) is 8.81. The second-order valence-corrected chi connectivity index (χ2v) is 4.00. The van der Waals surface area contributed by atoms with Crippen LogP contribution in [0, 0.1) is 6.92 Å². The highest BCUT2D eigenvalue weighted by Crippen LogP contribution is 2.09. The molecule has 0 aliphatic rings. The van der Waals surface area contributed by atoms with Crippen LogP contribution >= 0.6 is 11.3 Å². The summed E-state index contributed by atoms with van der Waals surface area (Å²) in [6.45, 7) is 4.68. The topological polar surface area (TPSA) is 50.9 Å². The molecular formula is C8H15N3S. The Kier molecular flexibility index (Phi) is 4.21. The van der Waals surface area contributed by atoms with Gasteiger partial charge in [0, 0.05) is 17.6 Å². The van der Waals surface area contributed by atoms with Gasteiger partial charge in [0.1, 0.15) is 5.01 Å². The van der Waals surface area contributed by atoms with Crippen LogP contribution in [0.4, 0.5) is 0 Å². The van der Waals surface area contributed by atoms with E-state index in [0.717, 1.165) is 31.1 Å². The molecule has 0 aliphatic heterocycles. The number of aromatic nitrogens is 1. The minimum atomic E-state index is 0.754. The van der Waals surface area contributed by atoms with Crippen LogP contribution in [0.3, 0.4) is 0 Å². The van der Waals surface area contributed by atoms with E-state index in [1.807, 2.05) is 6.20 Å². The third-order valence-electron chi connectivity index (χ3n) is 1.50. The van der Waals surface area contributed by atoms with Crippen molar-refractivity contribution < 1.29 is 0 Å². The quantitative estimate of drug-likeness (QED) is 0.670. The number of aryl methyl sites for hydroxylation is 1. The smallest absolute Gasteiger partial charge is 0.107 e. The molecular weight excluding hydrogens is 170 g/mol. The van der Waals surface area contributed by atoms with Crippen molar-refractivity contribution in [3.8, 4) is 0 Å². The molecule has 1 rings (SSSR count). The molecule has 0 radical (unpaired) electrons. The monoisotopic (exact) mass is 185 g/mol. The van der Waals surface area contributed by atoms with E-state index in [9.17, 15) is 0 Å². The maximum atomic E-state index is 5.36. The van der Waals surface area contributed by atoms with Crippen LogP contribution in [0.15, 0.2) is 6.20 Å². The van der Waals surface area contributed by atoms with Crippen molar-refractivity contribution in [2.45, 2.75) is 19.9 Å². The van der Waals surface area contributed by atoms with Crippen LogP contribution in [0.1, 0.15) is 16.3 Å². The first-order valence-electron chi connectivity index (χ1n) is 4.15. The molecule has 0 unspecified atom stereocenters. The van der Waals surface area contributed by atoms with E-state index >= 15 is 0 Å². The number of thiazole rings is 1. The number of nitrogens with one attached hydrogen (secondary N) is 1. The predicted octanol–water partition coefficient (Wildman–Crippen LogP) is 0.890. The summed E-state index contributed by atoms with van der Waals surface area (Å²) in [7, 11) is 0. The average Bonchev–Trinajstić information content (AvgIpc) is 2.45. The first-order valence-corrected chi connectivity index (χ1v) is 4.96. The van der Waals surface area contributed by atoms with Crippen LogP contribution in [-0.4, -0.2) is 18.1 Å². The highest BCUT2D eigenvalue weighted by atomic mass is 32.1. The summed E-state index contributed by atoms with van der Waals surface area (Å²) in [6.07, 6.45) is 2.94. The van der Waals surface area contributed by atoms with E-state index in [0.29, 0.717) is 0 Å². The molecule has 3 nitrogen and oxygen atoms in total. The van der Waals surface area contributed by atoms with Crippen molar-refractivity contribution in [2.24, 2.45) is 5.73 Å². The van der Waals surface area contributed by atoms with Crippen LogP contribution in [0.5, 0.6) is 0 Å². The second kappa shape index (κ2) is 5.24. The lowest BCUT2D eigenvalue weighted by Gasteiger charge is -1.99. The van der Waals surface area contributed by atoms with E-state index in [1.54, 1.807) is 11.3 Å². The SMILES string of the molecule is Cc1cnc(CNCCCN)s1. The highest BCUT2D eigenvalue weighted by molar-refractivity contribution is 7.11. The van der Waals surface area contributed by atoms with Gasteiger partial charge in [-0.1, -0.05) is 0 Å². The van der Waals surface area contributed by atoms with Gasteiger partial charge in [-0.05, 0) is 26.4 Å². The Balaban J connectivity index is 2.15. The molecule has 68 valence electrons. The molecule has 0 atom stereocenters. The van der Waals surface area contributed by atoms with Crippen molar-refractivity contribution in [2.75, 3.05) is 13.1 Å². The normalized spacial score (nSPS) is 10.5. The lowest BCUT2D eigenvalue weighted by atomic mass is 10.4. The molecule has 0 bridgehead atoms. The Morgan fingerprint density at radius 3 is 3.08 bits per heavy atom. The largest absolute Gasteiger partial charge is 0.330 e. The lowest BCUT2D eigenvalue weighted by Crippen LogP contribution is -2.17. The van der Waals surface area contributed by atoms with Gasteiger partial charge in [-0.15, -0.1) is 11.3 Å². The molecule has 0 saturated carbocycles. The van der Waals surface area contributed by atoms with Gasteiger partial charge in [0.15, 0.2) is 0 Å². The van der Waals surface area contributed by atoms with Crippen LogP contribution in [-0.2, 0) is 6.54 Å². The molecule has 0 aliphatic carbocycles. The molecule has 1 aromatic heterocycles. The van der Waals surface area contributed by atoms with Gasteiger partial charge in [-0.2, -0.15) is 0 Å². The fourth-order valence-electron chi connectivity index (χ4n) is 0.906. The molecule has 0 amide bonds. The Morgan fingerprint density at radius 1 is 1.67 bits per heavy atom. The van der Waals surface area contributed by atoms with Crippen molar-refractivity contribution >= 4 is 11.3 Å². The highest BCUT2D eigenvalue weighted by Gasteiger charge is 1.96. The van der Waals surface area contributed by atoms with E-state index < -0.39 is 0 Å². The van der Waals surface area contributed by atoms with Gasteiger partial charge in [0.25, 0.3) is 0 Å². The van der Waals surface area contributed by atoms with Gasteiger partial charge < -0.3 is 11.1 Å².